The lowest BCUT2D eigenvalue weighted by Gasteiger charge is -2.01. The molecule has 4 heteroatoms. The number of pyridine rings is 1. The molecule has 1 heterocycles. The van der Waals surface area contributed by atoms with Gasteiger partial charge in [-0.2, -0.15) is 0 Å². The molecule has 1 rings (SSSR count). The Morgan fingerprint density at radius 3 is 2.75 bits per heavy atom. The van der Waals surface area contributed by atoms with Crippen LogP contribution < -0.4 is 0 Å². The first kappa shape index (κ1) is 10.0. The van der Waals surface area contributed by atoms with Gasteiger partial charge in [0.25, 0.3) is 0 Å². The Morgan fingerprint density at radius 1 is 1.58 bits per heavy atom. The molecule has 0 radical (unpaired) electrons. The van der Waals surface area contributed by atoms with Crippen molar-refractivity contribution in [1.82, 2.24) is 4.98 Å². The van der Waals surface area contributed by atoms with Crippen molar-refractivity contribution in [1.29, 1.82) is 0 Å². The van der Waals surface area contributed by atoms with Crippen molar-refractivity contribution >= 4 is 44.7 Å². The third kappa shape index (κ3) is 2.22. The van der Waals surface area contributed by atoms with Gasteiger partial charge in [0.15, 0.2) is 0 Å². The van der Waals surface area contributed by atoms with Crippen LogP contribution in [-0.2, 0) is 0 Å². The Kier molecular flexibility index (Phi) is 3.56. The Bertz CT molecular complexity index is 312. The molecule has 0 aromatic carbocycles. The molecule has 64 valence electrons. The van der Waals surface area contributed by atoms with Crippen LogP contribution in [0, 0.1) is 0 Å². The van der Waals surface area contributed by atoms with Crippen LogP contribution in [0.2, 0.25) is 10.2 Å². The fourth-order valence-corrected chi connectivity index (χ4v) is 1.29. The minimum absolute atomic E-state index is 0.322. The lowest BCUT2D eigenvalue weighted by molar-refractivity contribution is 1.31. The van der Waals surface area contributed by atoms with Gasteiger partial charge in [-0.1, -0.05) is 45.7 Å². The Labute approximate surface area is 89.5 Å². The number of allylic oxidation sites excluding steroid dienone is 1. The van der Waals surface area contributed by atoms with Crippen LogP contribution >= 0.6 is 39.1 Å². The van der Waals surface area contributed by atoms with Gasteiger partial charge in [0.2, 0.25) is 0 Å². The predicted molar refractivity (Wildman–Crippen MR) is 57.1 cm³/mol. The lowest BCUT2D eigenvalue weighted by Crippen LogP contribution is -1.86. The average Bonchev–Trinajstić information content (AvgIpc) is 2.08. The second-order valence-electron chi connectivity index (χ2n) is 2.23. The van der Waals surface area contributed by atoms with Crippen LogP contribution in [0.5, 0.6) is 0 Å². The molecule has 0 saturated carbocycles. The lowest BCUT2D eigenvalue weighted by atomic mass is 10.2. The van der Waals surface area contributed by atoms with E-state index in [1.54, 1.807) is 12.3 Å². The van der Waals surface area contributed by atoms with E-state index in [4.69, 9.17) is 23.2 Å². The summed E-state index contributed by atoms with van der Waals surface area (Å²) in [6.45, 7) is 3.83. The molecule has 0 aliphatic heterocycles. The summed E-state index contributed by atoms with van der Waals surface area (Å²) in [5, 5.41) is 1.48. The molecule has 0 saturated heterocycles. The summed E-state index contributed by atoms with van der Waals surface area (Å²) >= 11 is 14.7. The van der Waals surface area contributed by atoms with Crippen LogP contribution in [0.1, 0.15) is 5.56 Å². The van der Waals surface area contributed by atoms with E-state index in [9.17, 15) is 0 Å². The van der Waals surface area contributed by atoms with Crippen LogP contribution in [0.25, 0.3) is 5.57 Å². The van der Waals surface area contributed by atoms with Gasteiger partial charge >= 0.3 is 0 Å². The molecular weight excluding hydrogens is 261 g/mol. The van der Waals surface area contributed by atoms with E-state index in [1.165, 1.54) is 0 Å². The van der Waals surface area contributed by atoms with Gasteiger partial charge in [-0.05, 0) is 17.2 Å². The molecule has 1 aromatic rings. The topological polar surface area (TPSA) is 12.9 Å². The van der Waals surface area contributed by atoms with E-state index >= 15 is 0 Å². The molecule has 0 unspecified atom stereocenters. The van der Waals surface area contributed by atoms with Crippen molar-refractivity contribution in [3.8, 4) is 0 Å². The molecular formula is C8H6BrCl2N. The Balaban J connectivity index is 3.05. The highest BCUT2D eigenvalue weighted by Crippen LogP contribution is 2.23. The van der Waals surface area contributed by atoms with E-state index in [2.05, 4.69) is 27.5 Å². The molecule has 0 aliphatic rings. The second kappa shape index (κ2) is 4.26. The molecule has 0 spiro atoms. The molecule has 0 amide bonds. The molecule has 0 fully saturated rings. The number of hydrogen-bond acceptors (Lipinski definition) is 1. The summed E-state index contributed by atoms with van der Waals surface area (Å²) in [6.07, 6.45) is 1.65. The summed E-state index contributed by atoms with van der Waals surface area (Å²) in [7, 11) is 0. The summed E-state index contributed by atoms with van der Waals surface area (Å²) in [5.41, 5.74) is 1.84. The predicted octanol–water partition coefficient (Wildman–Crippen LogP) is 3.80. The zero-order chi connectivity index (χ0) is 9.14. The van der Waals surface area contributed by atoms with E-state index in [0.717, 1.165) is 11.1 Å². The molecule has 0 bridgehead atoms. The third-order valence-electron chi connectivity index (χ3n) is 1.37. The van der Waals surface area contributed by atoms with Crippen LogP contribution in [-0.4, -0.2) is 10.3 Å². The molecule has 12 heavy (non-hydrogen) atoms. The van der Waals surface area contributed by atoms with E-state index < -0.39 is 0 Å². The number of aromatic nitrogens is 1. The maximum Gasteiger partial charge on any atom is 0.147 e. The number of nitrogens with zero attached hydrogens (tertiary/aromatic N) is 1. The smallest absolute Gasteiger partial charge is 0.147 e. The summed E-state index contributed by atoms with van der Waals surface area (Å²) < 4.78 is 0. The molecule has 0 N–H and O–H groups in total. The highest BCUT2D eigenvalue weighted by Gasteiger charge is 2.02. The van der Waals surface area contributed by atoms with Crippen molar-refractivity contribution in [2.75, 3.05) is 5.33 Å². The maximum atomic E-state index is 5.76. The Morgan fingerprint density at radius 2 is 2.25 bits per heavy atom. The molecule has 1 aromatic heterocycles. The summed E-state index contributed by atoms with van der Waals surface area (Å²) in [5.74, 6) is 0. The third-order valence-corrected chi connectivity index (χ3v) is 2.73. The quantitative estimate of drug-likeness (QED) is 0.586. The van der Waals surface area contributed by atoms with E-state index in [1.807, 2.05) is 0 Å². The zero-order valence-electron chi connectivity index (χ0n) is 6.15. The van der Waals surface area contributed by atoms with Crippen molar-refractivity contribution in [3.63, 3.8) is 0 Å². The normalized spacial score (nSPS) is 9.92. The highest BCUT2D eigenvalue weighted by molar-refractivity contribution is 9.09. The first-order valence-electron chi connectivity index (χ1n) is 3.20. The molecule has 1 nitrogen and oxygen atoms in total. The van der Waals surface area contributed by atoms with Crippen LogP contribution in [0.15, 0.2) is 18.8 Å². The number of rotatable bonds is 2. The minimum atomic E-state index is 0.322. The number of hydrogen-bond donors (Lipinski definition) is 0. The number of halogens is 3. The van der Waals surface area contributed by atoms with Crippen LogP contribution in [0.4, 0.5) is 0 Å². The van der Waals surface area contributed by atoms with Crippen molar-refractivity contribution in [2.24, 2.45) is 0 Å². The maximum absolute atomic E-state index is 5.76. The standard InChI is InChI=1S/C8H6BrCl2N/c1-5(3-9)6-2-7(10)8(11)12-4-6/h2,4H,1,3H2. The van der Waals surface area contributed by atoms with Gasteiger partial charge in [0, 0.05) is 11.5 Å². The average molecular weight is 267 g/mol. The van der Waals surface area contributed by atoms with Gasteiger partial charge in [0.05, 0.1) is 5.02 Å². The van der Waals surface area contributed by atoms with E-state index in [0.29, 0.717) is 15.5 Å². The van der Waals surface area contributed by atoms with Gasteiger partial charge in [-0.25, -0.2) is 4.98 Å². The second-order valence-corrected chi connectivity index (χ2v) is 3.56. The molecule has 0 atom stereocenters. The molecule has 0 aliphatic carbocycles. The fraction of sp³-hybridized carbons (Fsp3) is 0.125. The first-order valence-corrected chi connectivity index (χ1v) is 5.08. The van der Waals surface area contributed by atoms with Gasteiger partial charge < -0.3 is 0 Å². The van der Waals surface area contributed by atoms with E-state index in [-0.39, 0.29) is 0 Å². The largest absolute Gasteiger partial charge is 0.242 e. The summed E-state index contributed by atoms with van der Waals surface area (Å²) in [6, 6.07) is 1.75. The fourth-order valence-electron chi connectivity index (χ4n) is 0.692. The monoisotopic (exact) mass is 265 g/mol. The van der Waals surface area contributed by atoms with Crippen molar-refractivity contribution < 1.29 is 0 Å². The Hall–Kier alpha value is -0.0500. The minimum Gasteiger partial charge on any atom is -0.242 e. The van der Waals surface area contributed by atoms with Gasteiger partial charge in [-0.15, -0.1) is 0 Å². The zero-order valence-corrected chi connectivity index (χ0v) is 9.25. The van der Waals surface area contributed by atoms with Crippen molar-refractivity contribution in [3.05, 3.63) is 34.6 Å². The van der Waals surface area contributed by atoms with Crippen LogP contribution in [0.3, 0.4) is 0 Å². The van der Waals surface area contributed by atoms with Crippen molar-refractivity contribution in [2.45, 2.75) is 0 Å². The summed E-state index contributed by atoms with van der Waals surface area (Å²) in [4.78, 5) is 3.90. The van der Waals surface area contributed by atoms with Gasteiger partial charge in [-0.3, -0.25) is 0 Å². The highest BCUT2D eigenvalue weighted by atomic mass is 79.9. The first-order chi connectivity index (χ1) is 5.65. The SMILES string of the molecule is C=C(CBr)c1cnc(Cl)c(Cl)c1. The number of alkyl halides is 1. The van der Waals surface area contributed by atoms with Gasteiger partial charge in [0.1, 0.15) is 5.15 Å².